The molecular weight excluding hydrogens is 296 g/mol. The van der Waals surface area contributed by atoms with Crippen LogP contribution < -0.4 is 0 Å². The topological polar surface area (TPSA) is 34.1 Å². The number of Topliss-reactive ketones (excluding diaryl/α,β-unsaturated/α-hetero) is 2. The molecule has 0 atom stereocenters. The summed E-state index contributed by atoms with van der Waals surface area (Å²) in [6, 6.07) is 7.16. The number of hydrogen-bond acceptors (Lipinski definition) is 2. The summed E-state index contributed by atoms with van der Waals surface area (Å²) < 4.78 is 0. The Balaban J connectivity index is 2.01. The van der Waals surface area contributed by atoms with E-state index in [1.807, 2.05) is 18.2 Å². The van der Waals surface area contributed by atoms with E-state index < -0.39 is 5.41 Å². The quantitative estimate of drug-likeness (QED) is 0.303. The fourth-order valence-electron chi connectivity index (χ4n) is 3.47. The molecule has 0 saturated carbocycles. The van der Waals surface area contributed by atoms with Gasteiger partial charge in [-0.3, -0.25) is 9.59 Å². The van der Waals surface area contributed by atoms with Crippen molar-refractivity contribution in [3.8, 4) is 0 Å². The van der Waals surface area contributed by atoms with Gasteiger partial charge in [-0.05, 0) is 25.7 Å². The van der Waals surface area contributed by atoms with E-state index in [1.54, 1.807) is 18.2 Å². The Labute approximate surface area is 145 Å². The molecule has 1 aliphatic rings. The molecule has 1 aliphatic carbocycles. The fourth-order valence-corrected chi connectivity index (χ4v) is 3.47. The van der Waals surface area contributed by atoms with Crippen molar-refractivity contribution in [2.24, 2.45) is 5.41 Å². The molecule has 2 heteroatoms. The Hall–Kier alpha value is -1.96. The number of hydrogen-bond donors (Lipinski definition) is 0. The second kappa shape index (κ2) is 8.77. The molecule has 24 heavy (non-hydrogen) atoms. The first-order valence-corrected chi connectivity index (χ1v) is 9.12. The van der Waals surface area contributed by atoms with Crippen LogP contribution in [0.25, 0.3) is 0 Å². The molecule has 128 valence electrons. The van der Waals surface area contributed by atoms with Gasteiger partial charge in [-0.2, -0.15) is 0 Å². The Kier molecular flexibility index (Phi) is 6.72. The van der Waals surface area contributed by atoms with Gasteiger partial charge in [-0.15, -0.1) is 6.58 Å². The zero-order valence-electron chi connectivity index (χ0n) is 14.7. The molecule has 0 spiro atoms. The molecule has 0 fully saturated rings. The first-order chi connectivity index (χ1) is 11.7. The number of fused-ring (bicyclic) bond motifs is 1. The van der Waals surface area contributed by atoms with Crippen molar-refractivity contribution in [1.29, 1.82) is 0 Å². The molecule has 0 aliphatic heterocycles. The maximum absolute atomic E-state index is 12.9. The van der Waals surface area contributed by atoms with Crippen molar-refractivity contribution in [1.82, 2.24) is 0 Å². The summed E-state index contributed by atoms with van der Waals surface area (Å²) in [5.74, 6) is -0.0915. The van der Waals surface area contributed by atoms with Gasteiger partial charge < -0.3 is 0 Å². The third-order valence-corrected chi connectivity index (χ3v) is 4.89. The van der Waals surface area contributed by atoms with Gasteiger partial charge in [0.1, 0.15) is 5.41 Å². The zero-order chi connectivity index (χ0) is 17.4. The normalized spacial score (nSPS) is 15.9. The zero-order valence-corrected chi connectivity index (χ0v) is 14.7. The van der Waals surface area contributed by atoms with E-state index in [0.717, 1.165) is 6.42 Å². The average molecular weight is 324 g/mol. The third kappa shape index (κ3) is 3.75. The lowest BCUT2D eigenvalue weighted by Gasteiger charge is -2.22. The molecule has 0 N–H and O–H groups in total. The number of ketones is 2. The summed E-state index contributed by atoms with van der Waals surface area (Å²) in [5, 5.41) is 0. The molecule has 0 aromatic heterocycles. The molecular formula is C22H28O2. The van der Waals surface area contributed by atoms with Gasteiger partial charge in [0, 0.05) is 11.1 Å². The van der Waals surface area contributed by atoms with Crippen molar-refractivity contribution in [3.63, 3.8) is 0 Å². The number of benzene rings is 1. The van der Waals surface area contributed by atoms with Gasteiger partial charge in [0.15, 0.2) is 11.6 Å². The van der Waals surface area contributed by atoms with E-state index in [-0.39, 0.29) is 11.6 Å². The molecule has 1 aromatic rings. The highest BCUT2D eigenvalue weighted by atomic mass is 16.2. The van der Waals surface area contributed by atoms with Gasteiger partial charge in [0.2, 0.25) is 0 Å². The molecule has 0 saturated heterocycles. The standard InChI is InChI=1S/C22H28O2/c1-3-5-6-7-8-9-10-13-17-22(16-4-2)20(23)18-14-11-12-15-19(18)21(22)24/h4,10-15H,2-3,5-9,16-17H2,1H3. The smallest absolute Gasteiger partial charge is 0.178 e. The Morgan fingerprint density at radius 3 is 2.12 bits per heavy atom. The fraction of sp³-hybridized carbons (Fsp3) is 0.455. The van der Waals surface area contributed by atoms with Crippen molar-refractivity contribution in [2.45, 2.75) is 58.3 Å². The maximum atomic E-state index is 12.9. The van der Waals surface area contributed by atoms with Crippen LogP contribution in [0.2, 0.25) is 0 Å². The van der Waals surface area contributed by atoms with Gasteiger partial charge >= 0.3 is 0 Å². The van der Waals surface area contributed by atoms with E-state index in [1.165, 1.54) is 32.1 Å². The van der Waals surface area contributed by atoms with Crippen LogP contribution in [0.1, 0.15) is 79.0 Å². The van der Waals surface area contributed by atoms with Crippen LogP contribution in [0.3, 0.4) is 0 Å². The van der Waals surface area contributed by atoms with Crippen LogP contribution in [0.4, 0.5) is 0 Å². The molecule has 2 nitrogen and oxygen atoms in total. The Morgan fingerprint density at radius 2 is 1.54 bits per heavy atom. The summed E-state index contributed by atoms with van der Waals surface area (Å²) in [5.41, 5.74) is 0.166. The summed E-state index contributed by atoms with van der Waals surface area (Å²) in [6.07, 6.45) is 14.0. The molecule has 0 amide bonds. The molecule has 0 bridgehead atoms. The van der Waals surface area contributed by atoms with E-state index in [2.05, 4.69) is 19.6 Å². The Morgan fingerprint density at radius 1 is 0.917 bits per heavy atom. The van der Waals surface area contributed by atoms with Crippen LogP contribution in [0, 0.1) is 5.41 Å². The molecule has 2 rings (SSSR count). The van der Waals surface area contributed by atoms with Crippen molar-refractivity contribution < 1.29 is 9.59 Å². The van der Waals surface area contributed by atoms with Gasteiger partial charge in [-0.25, -0.2) is 0 Å². The lowest BCUT2D eigenvalue weighted by molar-refractivity contribution is 0.0703. The number of unbranched alkanes of at least 4 members (excludes halogenated alkanes) is 5. The monoisotopic (exact) mass is 324 g/mol. The van der Waals surface area contributed by atoms with E-state index >= 15 is 0 Å². The van der Waals surface area contributed by atoms with Gasteiger partial charge in [0.05, 0.1) is 0 Å². The Bertz CT molecular complexity index is 590. The predicted molar refractivity (Wildman–Crippen MR) is 99.5 cm³/mol. The van der Waals surface area contributed by atoms with E-state index in [4.69, 9.17) is 0 Å². The largest absolute Gasteiger partial charge is 0.293 e. The molecule has 0 radical (unpaired) electrons. The van der Waals surface area contributed by atoms with E-state index in [9.17, 15) is 9.59 Å². The van der Waals surface area contributed by atoms with Crippen LogP contribution in [-0.4, -0.2) is 11.6 Å². The third-order valence-electron chi connectivity index (χ3n) is 4.89. The lowest BCUT2D eigenvalue weighted by atomic mass is 9.76. The summed E-state index contributed by atoms with van der Waals surface area (Å²) in [6.45, 7) is 5.97. The van der Waals surface area contributed by atoms with Gasteiger partial charge in [-0.1, -0.05) is 75.1 Å². The van der Waals surface area contributed by atoms with Crippen LogP contribution >= 0.6 is 0 Å². The van der Waals surface area contributed by atoms with E-state index in [0.29, 0.717) is 24.0 Å². The second-order valence-corrected chi connectivity index (χ2v) is 6.66. The molecule has 0 heterocycles. The molecule has 0 unspecified atom stereocenters. The highest BCUT2D eigenvalue weighted by Crippen LogP contribution is 2.42. The highest BCUT2D eigenvalue weighted by molar-refractivity contribution is 6.29. The number of carbonyl (C=O) groups is 2. The highest BCUT2D eigenvalue weighted by Gasteiger charge is 2.50. The first kappa shape index (κ1) is 18.4. The number of allylic oxidation sites excluding steroid dienone is 3. The minimum absolute atomic E-state index is 0.0457. The summed E-state index contributed by atoms with van der Waals surface area (Å²) in [7, 11) is 0. The van der Waals surface area contributed by atoms with Crippen LogP contribution in [-0.2, 0) is 0 Å². The SMILES string of the molecule is C=CCC1(CC=CCCCCCCC)C(=O)c2ccccc2C1=O. The minimum Gasteiger partial charge on any atom is -0.293 e. The van der Waals surface area contributed by atoms with Crippen molar-refractivity contribution in [3.05, 3.63) is 60.2 Å². The number of carbonyl (C=O) groups excluding carboxylic acids is 2. The first-order valence-electron chi connectivity index (χ1n) is 9.12. The van der Waals surface area contributed by atoms with Gasteiger partial charge in [0.25, 0.3) is 0 Å². The van der Waals surface area contributed by atoms with Crippen molar-refractivity contribution in [2.75, 3.05) is 0 Å². The lowest BCUT2D eigenvalue weighted by Crippen LogP contribution is -2.32. The second-order valence-electron chi connectivity index (χ2n) is 6.66. The van der Waals surface area contributed by atoms with Crippen LogP contribution in [0.5, 0.6) is 0 Å². The maximum Gasteiger partial charge on any atom is 0.178 e. The predicted octanol–water partition coefficient (Wildman–Crippen LogP) is 5.93. The summed E-state index contributed by atoms with van der Waals surface area (Å²) >= 11 is 0. The van der Waals surface area contributed by atoms with Crippen LogP contribution in [0.15, 0.2) is 49.1 Å². The number of rotatable bonds is 10. The molecule has 1 aromatic carbocycles. The minimum atomic E-state index is -0.968. The average Bonchev–Trinajstić information content (AvgIpc) is 2.81. The van der Waals surface area contributed by atoms with Crippen molar-refractivity contribution >= 4 is 11.6 Å². The summed E-state index contributed by atoms with van der Waals surface area (Å²) in [4.78, 5) is 25.7.